The van der Waals surface area contributed by atoms with E-state index in [9.17, 15) is 0 Å². The van der Waals surface area contributed by atoms with E-state index in [1.807, 2.05) is 11.3 Å². The molecule has 0 N–H and O–H groups in total. The van der Waals surface area contributed by atoms with Crippen LogP contribution >= 0.6 is 43.2 Å². The fourth-order valence-electron chi connectivity index (χ4n) is 1.56. The Hall–Kier alpha value is -0.120. The summed E-state index contributed by atoms with van der Waals surface area (Å²) in [5, 5.41) is 0. The molecule has 1 aromatic heterocycles. The van der Waals surface area contributed by atoms with E-state index in [2.05, 4.69) is 75.2 Å². The van der Waals surface area contributed by atoms with Crippen molar-refractivity contribution in [3.05, 3.63) is 56.2 Å². The van der Waals surface area contributed by atoms with Gasteiger partial charge in [0.25, 0.3) is 0 Å². The second-order valence-corrected chi connectivity index (χ2v) is 6.96. The summed E-state index contributed by atoms with van der Waals surface area (Å²) in [6.45, 7) is 2.14. The van der Waals surface area contributed by atoms with Crippen molar-refractivity contribution in [2.75, 3.05) is 0 Å². The fraction of sp³-hybridized carbons (Fsp3) is 0.231. The van der Waals surface area contributed by atoms with Crippen molar-refractivity contribution in [1.29, 1.82) is 0 Å². The van der Waals surface area contributed by atoms with Crippen molar-refractivity contribution < 1.29 is 0 Å². The van der Waals surface area contributed by atoms with Crippen molar-refractivity contribution in [2.24, 2.45) is 0 Å². The third kappa shape index (κ3) is 2.96. The van der Waals surface area contributed by atoms with Gasteiger partial charge in [-0.05, 0) is 40.9 Å². The predicted molar refractivity (Wildman–Crippen MR) is 78.6 cm³/mol. The number of hydrogen-bond donors (Lipinski definition) is 0. The zero-order chi connectivity index (χ0) is 11.5. The highest BCUT2D eigenvalue weighted by Crippen LogP contribution is 2.36. The first-order chi connectivity index (χ1) is 7.66. The molecule has 1 unspecified atom stereocenters. The summed E-state index contributed by atoms with van der Waals surface area (Å²) in [5.74, 6) is 0. The fourth-order valence-corrected chi connectivity index (χ4v) is 3.88. The van der Waals surface area contributed by atoms with Crippen LogP contribution in [0.1, 0.15) is 20.1 Å². The van der Waals surface area contributed by atoms with Crippen LogP contribution < -0.4 is 0 Å². The van der Waals surface area contributed by atoms with Gasteiger partial charge >= 0.3 is 0 Å². The third-order valence-electron chi connectivity index (χ3n) is 2.44. The average molecular weight is 360 g/mol. The zero-order valence-corrected chi connectivity index (χ0v) is 12.9. The number of rotatable bonds is 3. The molecule has 0 amide bonds. The number of alkyl halides is 1. The van der Waals surface area contributed by atoms with E-state index in [4.69, 9.17) is 0 Å². The molecule has 2 rings (SSSR count). The molecular formula is C13H12Br2S. The van der Waals surface area contributed by atoms with E-state index in [0.717, 1.165) is 6.42 Å². The molecule has 0 radical (unpaired) electrons. The van der Waals surface area contributed by atoms with Crippen molar-refractivity contribution in [3.63, 3.8) is 0 Å². The molecule has 2 aromatic rings. The number of hydrogen-bond acceptors (Lipinski definition) is 1. The summed E-state index contributed by atoms with van der Waals surface area (Å²) in [5.41, 5.74) is 1.37. The Balaban J connectivity index is 2.11. The Morgan fingerprint density at radius 3 is 2.50 bits per heavy atom. The Morgan fingerprint density at radius 2 is 1.94 bits per heavy atom. The normalized spacial score (nSPS) is 12.7. The van der Waals surface area contributed by atoms with Crippen molar-refractivity contribution >= 4 is 43.2 Å². The third-order valence-corrected chi connectivity index (χ3v) is 5.81. The van der Waals surface area contributed by atoms with Gasteiger partial charge in [-0.2, -0.15) is 0 Å². The van der Waals surface area contributed by atoms with Crippen molar-refractivity contribution in [1.82, 2.24) is 0 Å². The van der Waals surface area contributed by atoms with Gasteiger partial charge in [0.1, 0.15) is 0 Å². The highest BCUT2D eigenvalue weighted by Gasteiger charge is 2.12. The maximum atomic E-state index is 3.76. The summed E-state index contributed by atoms with van der Waals surface area (Å²) < 4.78 is 1.21. The molecule has 0 aliphatic rings. The minimum absolute atomic E-state index is 0.407. The molecule has 0 spiro atoms. The highest BCUT2D eigenvalue weighted by atomic mass is 79.9. The van der Waals surface area contributed by atoms with Gasteiger partial charge in [0.05, 0.1) is 4.83 Å². The van der Waals surface area contributed by atoms with Gasteiger partial charge in [0, 0.05) is 14.2 Å². The lowest BCUT2D eigenvalue weighted by Crippen LogP contribution is -1.92. The molecule has 0 aliphatic heterocycles. The number of thiophene rings is 1. The van der Waals surface area contributed by atoms with E-state index in [-0.39, 0.29) is 0 Å². The van der Waals surface area contributed by atoms with E-state index < -0.39 is 0 Å². The quantitative estimate of drug-likeness (QED) is 0.635. The van der Waals surface area contributed by atoms with Crippen LogP contribution in [0, 0.1) is 6.92 Å². The first-order valence-corrected chi connectivity index (χ1v) is 7.63. The van der Waals surface area contributed by atoms with Gasteiger partial charge in [0.2, 0.25) is 0 Å². The molecule has 84 valence electrons. The van der Waals surface area contributed by atoms with Crippen LogP contribution in [0.3, 0.4) is 0 Å². The predicted octanol–water partition coefficient (Wildman–Crippen LogP) is 5.50. The minimum atomic E-state index is 0.407. The van der Waals surface area contributed by atoms with E-state index in [0.29, 0.717) is 4.83 Å². The first-order valence-electron chi connectivity index (χ1n) is 5.10. The molecule has 0 bridgehead atoms. The number of benzene rings is 1. The average Bonchev–Trinajstić information content (AvgIpc) is 2.61. The first kappa shape index (κ1) is 12.3. The zero-order valence-electron chi connectivity index (χ0n) is 8.91. The summed E-state index contributed by atoms with van der Waals surface area (Å²) in [7, 11) is 0. The maximum absolute atomic E-state index is 3.76. The largest absolute Gasteiger partial charge is 0.143 e. The van der Waals surface area contributed by atoms with Crippen LogP contribution in [-0.2, 0) is 6.42 Å². The minimum Gasteiger partial charge on any atom is -0.143 e. The smallest absolute Gasteiger partial charge is 0.0529 e. The molecule has 0 aliphatic carbocycles. The van der Waals surface area contributed by atoms with Gasteiger partial charge in [-0.15, -0.1) is 11.3 Å². The van der Waals surface area contributed by atoms with E-state index >= 15 is 0 Å². The Bertz CT molecular complexity index is 443. The molecule has 0 nitrogen and oxygen atoms in total. The highest BCUT2D eigenvalue weighted by molar-refractivity contribution is 9.10. The number of aryl methyl sites for hydroxylation is 1. The molecule has 1 heterocycles. The van der Waals surface area contributed by atoms with Gasteiger partial charge in [-0.3, -0.25) is 0 Å². The van der Waals surface area contributed by atoms with Gasteiger partial charge in [-0.1, -0.05) is 46.3 Å². The van der Waals surface area contributed by atoms with Crippen LogP contribution in [0.2, 0.25) is 0 Å². The van der Waals surface area contributed by atoms with Crippen LogP contribution in [0.5, 0.6) is 0 Å². The lowest BCUT2D eigenvalue weighted by atomic mass is 10.1. The lowest BCUT2D eigenvalue weighted by Gasteiger charge is -2.07. The van der Waals surface area contributed by atoms with Gasteiger partial charge in [0.15, 0.2) is 0 Å². The van der Waals surface area contributed by atoms with Gasteiger partial charge < -0.3 is 0 Å². The second kappa shape index (κ2) is 5.48. The van der Waals surface area contributed by atoms with Gasteiger partial charge in [-0.25, -0.2) is 0 Å². The molecule has 0 saturated carbocycles. The van der Waals surface area contributed by atoms with E-state index in [1.54, 1.807) is 0 Å². The molecule has 1 aromatic carbocycles. The lowest BCUT2D eigenvalue weighted by molar-refractivity contribution is 0.969. The van der Waals surface area contributed by atoms with Crippen LogP contribution in [-0.4, -0.2) is 0 Å². The summed E-state index contributed by atoms with van der Waals surface area (Å²) in [4.78, 5) is 3.13. The molecule has 0 fully saturated rings. The number of halogens is 2. The summed E-state index contributed by atoms with van der Waals surface area (Å²) in [6, 6.07) is 12.8. The van der Waals surface area contributed by atoms with E-state index in [1.165, 1.54) is 19.8 Å². The van der Waals surface area contributed by atoms with Crippen LogP contribution in [0.25, 0.3) is 0 Å². The monoisotopic (exact) mass is 358 g/mol. The standard InChI is InChI=1S/C13H12Br2S/c1-9-11(14)8-13(16-9)12(15)7-10-5-3-2-4-6-10/h2-6,8,12H,7H2,1H3. The van der Waals surface area contributed by atoms with Crippen molar-refractivity contribution in [2.45, 2.75) is 18.2 Å². The molecule has 16 heavy (non-hydrogen) atoms. The molecule has 0 saturated heterocycles. The maximum Gasteiger partial charge on any atom is 0.0529 e. The molecule has 3 heteroatoms. The van der Waals surface area contributed by atoms with Crippen LogP contribution in [0.15, 0.2) is 40.9 Å². The summed E-state index contributed by atoms with van der Waals surface area (Å²) in [6.07, 6.45) is 1.03. The van der Waals surface area contributed by atoms with Crippen LogP contribution in [0.4, 0.5) is 0 Å². The second-order valence-electron chi connectivity index (χ2n) is 3.71. The summed E-state index contributed by atoms with van der Waals surface area (Å²) >= 11 is 9.17. The Morgan fingerprint density at radius 1 is 1.25 bits per heavy atom. The molecule has 1 atom stereocenters. The van der Waals surface area contributed by atoms with Crippen molar-refractivity contribution in [3.8, 4) is 0 Å². The Kier molecular flexibility index (Phi) is 4.22. The SMILES string of the molecule is Cc1sc(C(Br)Cc2ccccc2)cc1Br. The topological polar surface area (TPSA) is 0 Å². The Labute approximate surface area is 117 Å². The molecular weight excluding hydrogens is 348 g/mol.